The van der Waals surface area contributed by atoms with Crippen LogP contribution in [0.3, 0.4) is 0 Å². The van der Waals surface area contributed by atoms with Gasteiger partial charge >= 0.3 is 5.97 Å². The molecule has 3 rings (SSSR count). The number of carbonyl (C=O) groups is 2. The predicted octanol–water partition coefficient (Wildman–Crippen LogP) is 6.65. The van der Waals surface area contributed by atoms with Crippen molar-refractivity contribution in [2.75, 3.05) is 0 Å². The number of carboxylic acid groups (broad SMARTS) is 1. The lowest BCUT2D eigenvalue weighted by Gasteiger charge is -2.33. The van der Waals surface area contributed by atoms with Crippen LogP contribution >= 0.6 is 11.3 Å². The SMILES string of the molecule is CC1CCC(C(=O)CCC(c2cc(C#CC(C)(C)C)sc2C(=O)O)C2CCC(O)CC2)CC1. The van der Waals surface area contributed by atoms with Gasteiger partial charge in [-0.05, 0) is 95.1 Å². The molecule has 5 heteroatoms. The Morgan fingerprint density at radius 1 is 1.09 bits per heavy atom. The molecular weight excluding hydrogens is 432 g/mol. The summed E-state index contributed by atoms with van der Waals surface area (Å²) in [5.74, 6) is 7.05. The number of carbonyl (C=O) groups excluding carboxylic acids is 1. The van der Waals surface area contributed by atoms with Gasteiger partial charge in [-0.3, -0.25) is 4.79 Å². The number of hydrogen-bond donors (Lipinski definition) is 2. The normalized spacial score (nSPS) is 26.8. The van der Waals surface area contributed by atoms with E-state index in [0.717, 1.165) is 61.8 Å². The smallest absolute Gasteiger partial charge is 0.346 e. The third kappa shape index (κ3) is 7.42. The molecule has 0 radical (unpaired) electrons. The van der Waals surface area contributed by atoms with E-state index in [1.54, 1.807) is 0 Å². The highest BCUT2D eigenvalue weighted by molar-refractivity contribution is 7.14. The number of rotatable bonds is 7. The highest BCUT2D eigenvalue weighted by Crippen LogP contribution is 2.43. The van der Waals surface area contributed by atoms with Crippen LogP contribution in [-0.2, 0) is 4.79 Å². The van der Waals surface area contributed by atoms with Crippen molar-refractivity contribution in [2.24, 2.45) is 23.2 Å². The first-order chi connectivity index (χ1) is 15.5. The second kappa shape index (κ2) is 11.2. The zero-order chi connectivity index (χ0) is 24.2. The molecule has 2 aliphatic rings. The van der Waals surface area contributed by atoms with Crippen molar-refractivity contribution in [3.8, 4) is 11.8 Å². The molecule has 33 heavy (non-hydrogen) atoms. The minimum atomic E-state index is -0.910. The standard InChI is InChI=1S/C28H40O4S/c1-18-5-7-20(8-6-18)25(30)14-13-23(19-9-11-21(29)12-10-19)24-17-22(15-16-28(2,3)4)33-26(24)27(31)32/h17-21,23,29H,5-14H2,1-4H3,(H,31,32). The van der Waals surface area contributed by atoms with Crippen molar-refractivity contribution in [2.45, 2.75) is 104 Å². The summed E-state index contributed by atoms with van der Waals surface area (Å²) in [7, 11) is 0. The molecule has 1 unspecified atom stereocenters. The molecule has 0 aliphatic heterocycles. The summed E-state index contributed by atoms with van der Waals surface area (Å²) >= 11 is 1.26. The van der Waals surface area contributed by atoms with Crippen molar-refractivity contribution >= 4 is 23.1 Å². The molecule has 2 aliphatic carbocycles. The van der Waals surface area contributed by atoms with Gasteiger partial charge in [-0.1, -0.05) is 31.6 Å². The van der Waals surface area contributed by atoms with E-state index >= 15 is 0 Å². The van der Waals surface area contributed by atoms with Gasteiger partial charge in [0.25, 0.3) is 0 Å². The lowest BCUT2D eigenvalue weighted by molar-refractivity contribution is -0.124. The molecule has 0 aromatic carbocycles. The molecule has 182 valence electrons. The van der Waals surface area contributed by atoms with Crippen LogP contribution in [0.1, 0.15) is 118 Å². The number of ketones is 1. The second-order valence-corrected chi connectivity index (χ2v) is 12.4. The number of thiophene rings is 1. The monoisotopic (exact) mass is 472 g/mol. The van der Waals surface area contributed by atoms with Crippen LogP contribution in [-0.4, -0.2) is 28.1 Å². The van der Waals surface area contributed by atoms with E-state index < -0.39 is 5.97 Å². The molecule has 0 amide bonds. The fourth-order valence-corrected chi connectivity index (χ4v) is 6.31. The Hall–Kier alpha value is -1.64. The molecule has 1 atom stereocenters. The van der Waals surface area contributed by atoms with Gasteiger partial charge in [0, 0.05) is 17.8 Å². The van der Waals surface area contributed by atoms with Gasteiger partial charge in [-0.25, -0.2) is 4.79 Å². The van der Waals surface area contributed by atoms with Gasteiger partial charge in [0.2, 0.25) is 0 Å². The van der Waals surface area contributed by atoms with Crippen molar-refractivity contribution in [3.63, 3.8) is 0 Å². The lowest BCUT2D eigenvalue weighted by Crippen LogP contribution is -2.25. The molecule has 2 saturated carbocycles. The zero-order valence-corrected chi connectivity index (χ0v) is 21.5. The highest BCUT2D eigenvalue weighted by Gasteiger charge is 2.33. The van der Waals surface area contributed by atoms with Crippen molar-refractivity contribution in [1.82, 2.24) is 0 Å². The van der Waals surface area contributed by atoms with Crippen LogP contribution in [0.4, 0.5) is 0 Å². The first-order valence-electron chi connectivity index (χ1n) is 12.6. The minimum Gasteiger partial charge on any atom is -0.477 e. The fraction of sp³-hybridized carbons (Fsp3) is 0.714. The van der Waals surface area contributed by atoms with Crippen LogP contribution in [0.15, 0.2) is 6.07 Å². The number of Topliss-reactive ketones (excluding diaryl/α,β-unsaturated/α-hetero) is 1. The van der Waals surface area contributed by atoms with Gasteiger partial charge in [0.1, 0.15) is 10.7 Å². The summed E-state index contributed by atoms with van der Waals surface area (Å²) in [6, 6.07) is 1.97. The zero-order valence-electron chi connectivity index (χ0n) is 20.7. The second-order valence-electron chi connectivity index (χ2n) is 11.3. The van der Waals surface area contributed by atoms with Crippen LogP contribution in [0.2, 0.25) is 0 Å². The number of carboxylic acids is 1. The summed E-state index contributed by atoms with van der Waals surface area (Å²) in [5, 5.41) is 20.0. The third-order valence-corrected chi connectivity index (χ3v) is 8.45. The Labute approximate surface area is 203 Å². The Bertz CT molecular complexity index is 881. The van der Waals surface area contributed by atoms with Crippen molar-refractivity contribution < 1.29 is 19.8 Å². The molecule has 0 spiro atoms. The molecule has 4 nitrogen and oxygen atoms in total. The Morgan fingerprint density at radius 3 is 2.30 bits per heavy atom. The Morgan fingerprint density at radius 2 is 1.73 bits per heavy atom. The molecule has 1 aromatic rings. The van der Waals surface area contributed by atoms with Crippen molar-refractivity contribution in [1.29, 1.82) is 0 Å². The third-order valence-electron chi connectivity index (χ3n) is 7.40. The van der Waals surface area contributed by atoms with E-state index in [1.807, 2.05) is 26.8 Å². The quantitative estimate of drug-likeness (QED) is 0.435. The molecule has 1 aromatic heterocycles. The number of aliphatic hydroxyl groups excluding tert-OH is 1. The first kappa shape index (κ1) is 26.0. The van der Waals surface area contributed by atoms with Gasteiger partial charge < -0.3 is 10.2 Å². The van der Waals surface area contributed by atoms with Crippen molar-refractivity contribution in [3.05, 3.63) is 21.4 Å². The Kier molecular flexibility index (Phi) is 8.81. The first-order valence-corrected chi connectivity index (χ1v) is 13.5. The van der Waals surface area contributed by atoms with E-state index in [0.29, 0.717) is 35.3 Å². The highest BCUT2D eigenvalue weighted by atomic mass is 32.1. The molecule has 1 heterocycles. The van der Waals surface area contributed by atoms with Crippen LogP contribution in [0.5, 0.6) is 0 Å². The van der Waals surface area contributed by atoms with Gasteiger partial charge in [0.15, 0.2) is 0 Å². The van der Waals surface area contributed by atoms with E-state index in [9.17, 15) is 19.8 Å². The topological polar surface area (TPSA) is 74.6 Å². The number of aromatic carboxylic acids is 1. The van der Waals surface area contributed by atoms with Crippen LogP contribution < -0.4 is 0 Å². The minimum absolute atomic E-state index is 0.0245. The van der Waals surface area contributed by atoms with E-state index in [1.165, 1.54) is 11.3 Å². The maximum atomic E-state index is 13.0. The summed E-state index contributed by atoms with van der Waals surface area (Å²) in [6.45, 7) is 8.39. The molecular formula is C28H40O4S. The largest absolute Gasteiger partial charge is 0.477 e. The van der Waals surface area contributed by atoms with Crippen LogP contribution in [0, 0.1) is 35.0 Å². The van der Waals surface area contributed by atoms with E-state index in [2.05, 4.69) is 18.8 Å². The van der Waals surface area contributed by atoms with E-state index in [-0.39, 0.29) is 23.4 Å². The van der Waals surface area contributed by atoms with Crippen LogP contribution in [0.25, 0.3) is 0 Å². The van der Waals surface area contributed by atoms with Gasteiger partial charge in [-0.15, -0.1) is 11.3 Å². The summed E-state index contributed by atoms with van der Waals surface area (Å²) < 4.78 is 0. The predicted molar refractivity (Wildman–Crippen MR) is 134 cm³/mol. The summed E-state index contributed by atoms with van der Waals surface area (Å²) in [5.41, 5.74) is 0.688. The molecule has 2 fully saturated rings. The average molecular weight is 473 g/mol. The van der Waals surface area contributed by atoms with E-state index in [4.69, 9.17) is 0 Å². The maximum Gasteiger partial charge on any atom is 0.346 e. The fourth-order valence-electron chi connectivity index (χ4n) is 5.39. The Balaban J connectivity index is 1.84. The van der Waals surface area contributed by atoms with Gasteiger partial charge in [-0.2, -0.15) is 0 Å². The van der Waals surface area contributed by atoms with Gasteiger partial charge in [0.05, 0.1) is 11.0 Å². The average Bonchev–Trinajstić information content (AvgIpc) is 3.18. The molecule has 0 bridgehead atoms. The number of aliphatic hydroxyl groups is 1. The lowest BCUT2D eigenvalue weighted by atomic mass is 9.73. The summed E-state index contributed by atoms with van der Waals surface area (Å²) in [6.07, 6.45) is 8.43. The molecule has 0 saturated heterocycles. The molecule has 2 N–H and O–H groups in total. The summed E-state index contributed by atoms with van der Waals surface area (Å²) in [4.78, 5) is 26.3. The maximum absolute atomic E-state index is 13.0. The number of hydrogen-bond acceptors (Lipinski definition) is 4.